The van der Waals surface area contributed by atoms with E-state index in [0.29, 0.717) is 0 Å². The molecule has 7 N–H and O–H groups in total. The Bertz CT molecular complexity index is 349. The number of halogens is 1. The van der Waals surface area contributed by atoms with E-state index in [9.17, 15) is 19.4 Å². The van der Waals surface area contributed by atoms with Crippen molar-refractivity contribution in [1.82, 2.24) is 5.32 Å². The van der Waals surface area contributed by atoms with Crippen LogP contribution in [0.25, 0.3) is 0 Å². The van der Waals surface area contributed by atoms with Gasteiger partial charge in [0, 0.05) is 26.8 Å². The average molecular weight is 309 g/mol. The fourth-order valence-electron chi connectivity index (χ4n) is 2.52. The molecule has 1 aliphatic carbocycles. The highest BCUT2D eigenvalue weighted by Gasteiger charge is 2.44. The Morgan fingerprint density at radius 1 is 1.43 bits per heavy atom. The number of ether oxygens (including phenoxy) is 2. The first-order valence-electron chi connectivity index (χ1n) is 6.69. The molecule has 8 nitrogen and oxygen atoms in total. The first kappa shape index (κ1) is 18.2. The summed E-state index contributed by atoms with van der Waals surface area (Å²) >= 11 is 0. The Hall–Kier alpha value is -0.840. The molecular formula is C12H24FN3O5. The number of nitrogens with one attached hydrogen (secondary N) is 1. The lowest BCUT2D eigenvalue weighted by atomic mass is 9.84. The Morgan fingerprint density at radius 2 is 2.00 bits per heavy atom. The summed E-state index contributed by atoms with van der Waals surface area (Å²) in [7, 11) is 2.83. The second kappa shape index (κ2) is 7.97. The number of rotatable bonds is 6. The monoisotopic (exact) mass is 309 g/mol. The summed E-state index contributed by atoms with van der Waals surface area (Å²) < 4.78 is 23.5. The normalized spacial score (nSPS) is 36.0. The number of amides is 1. The van der Waals surface area contributed by atoms with Crippen LogP contribution in [0, 0.1) is 0 Å². The lowest BCUT2D eigenvalue weighted by Crippen LogP contribution is -2.65. The smallest absolute Gasteiger partial charge is 0.252 e. The molecule has 1 rings (SSSR count). The molecule has 1 fully saturated rings. The highest BCUT2D eigenvalue weighted by Crippen LogP contribution is 2.24. The fourth-order valence-corrected chi connectivity index (χ4v) is 2.52. The third-order valence-corrected chi connectivity index (χ3v) is 3.73. The molecule has 1 saturated carbocycles. The van der Waals surface area contributed by atoms with Crippen LogP contribution in [0.15, 0.2) is 0 Å². The molecule has 1 amide bonds. The van der Waals surface area contributed by atoms with Crippen LogP contribution in [0.2, 0.25) is 0 Å². The molecule has 9 heteroatoms. The SMILES string of the molecule is CO[C@@H]1[C@@H](O)[C@H](NC(=O)[C@@H](O)[C@H](F)CN)C[C@H](N)[C@H]1OC. The van der Waals surface area contributed by atoms with E-state index in [4.69, 9.17) is 20.9 Å². The molecule has 1 aliphatic rings. The number of carbonyl (C=O) groups is 1. The maximum Gasteiger partial charge on any atom is 0.252 e. The van der Waals surface area contributed by atoms with Crippen LogP contribution in [0.1, 0.15) is 6.42 Å². The van der Waals surface area contributed by atoms with E-state index in [1.807, 2.05) is 0 Å². The van der Waals surface area contributed by atoms with Gasteiger partial charge in [-0.25, -0.2) is 4.39 Å². The van der Waals surface area contributed by atoms with Gasteiger partial charge in [-0.15, -0.1) is 0 Å². The lowest BCUT2D eigenvalue weighted by molar-refractivity contribution is -0.147. The molecule has 0 aromatic heterocycles. The Kier molecular flexibility index (Phi) is 6.91. The minimum Gasteiger partial charge on any atom is -0.388 e. The maximum atomic E-state index is 13.2. The number of alkyl halides is 1. The summed E-state index contributed by atoms with van der Waals surface area (Å²) in [6.45, 7) is -0.478. The van der Waals surface area contributed by atoms with Gasteiger partial charge in [0.05, 0.1) is 6.04 Å². The number of aliphatic hydroxyl groups is 2. The largest absolute Gasteiger partial charge is 0.388 e. The van der Waals surface area contributed by atoms with Crippen molar-refractivity contribution < 1.29 is 28.9 Å². The van der Waals surface area contributed by atoms with Crippen LogP contribution in [-0.2, 0) is 14.3 Å². The summed E-state index contributed by atoms with van der Waals surface area (Å²) in [4.78, 5) is 11.7. The van der Waals surface area contributed by atoms with Crippen molar-refractivity contribution in [2.45, 2.75) is 49.1 Å². The minimum atomic E-state index is -1.89. The van der Waals surface area contributed by atoms with Crippen molar-refractivity contribution >= 4 is 5.91 Å². The van der Waals surface area contributed by atoms with E-state index in [2.05, 4.69) is 5.32 Å². The van der Waals surface area contributed by atoms with E-state index in [0.717, 1.165) is 0 Å². The maximum absolute atomic E-state index is 13.2. The van der Waals surface area contributed by atoms with Crippen LogP contribution >= 0.6 is 0 Å². The summed E-state index contributed by atoms with van der Waals surface area (Å²) in [6, 6.07) is -1.26. The molecule has 7 atom stereocenters. The van der Waals surface area contributed by atoms with E-state index in [-0.39, 0.29) is 6.42 Å². The number of nitrogens with two attached hydrogens (primary N) is 2. The first-order valence-corrected chi connectivity index (χ1v) is 6.69. The highest BCUT2D eigenvalue weighted by molar-refractivity contribution is 5.81. The van der Waals surface area contributed by atoms with Crippen molar-refractivity contribution in [2.75, 3.05) is 20.8 Å². The van der Waals surface area contributed by atoms with E-state index in [1.54, 1.807) is 0 Å². The second-order valence-corrected chi connectivity index (χ2v) is 5.10. The summed E-state index contributed by atoms with van der Waals surface area (Å²) in [5.74, 6) is -0.949. The van der Waals surface area contributed by atoms with Gasteiger partial charge in [0.15, 0.2) is 6.10 Å². The Morgan fingerprint density at radius 3 is 2.48 bits per heavy atom. The average Bonchev–Trinajstić information content (AvgIpc) is 2.48. The molecule has 0 radical (unpaired) electrons. The zero-order valence-corrected chi connectivity index (χ0v) is 12.1. The highest BCUT2D eigenvalue weighted by atomic mass is 19.1. The van der Waals surface area contributed by atoms with Gasteiger partial charge in [0.1, 0.15) is 24.5 Å². The predicted molar refractivity (Wildman–Crippen MR) is 72.1 cm³/mol. The molecule has 0 unspecified atom stereocenters. The van der Waals surface area contributed by atoms with E-state index < -0.39 is 55.1 Å². The van der Waals surface area contributed by atoms with E-state index >= 15 is 0 Å². The fraction of sp³-hybridized carbons (Fsp3) is 0.917. The molecule has 0 saturated heterocycles. The van der Waals surface area contributed by atoms with Gasteiger partial charge in [-0.05, 0) is 6.42 Å². The quantitative estimate of drug-likeness (QED) is 0.358. The van der Waals surface area contributed by atoms with Crippen molar-refractivity contribution in [1.29, 1.82) is 0 Å². The van der Waals surface area contributed by atoms with E-state index in [1.165, 1.54) is 14.2 Å². The van der Waals surface area contributed by atoms with Gasteiger partial charge in [-0.3, -0.25) is 4.79 Å². The third kappa shape index (κ3) is 4.09. The summed E-state index contributed by atoms with van der Waals surface area (Å²) in [5.41, 5.74) is 11.0. The predicted octanol–water partition coefficient (Wildman–Crippen LogP) is -2.75. The van der Waals surface area contributed by atoms with Crippen molar-refractivity contribution in [3.63, 3.8) is 0 Å². The van der Waals surface area contributed by atoms with Gasteiger partial charge in [0.25, 0.3) is 5.91 Å². The summed E-state index contributed by atoms with van der Waals surface area (Å²) in [6.07, 6.45) is -5.91. The molecule has 0 heterocycles. The number of methoxy groups -OCH3 is 2. The number of carbonyl (C=O) groups excluding carboxylic acids is 1. The zero-order valence-electron chi connectivity index (χ0n) is 12.1. The summed E-state index contributed by atoms with van der Waals surface area (Å²) in [5, 5.41) is 22.0. The van der Waals surface area contributed by atoms with Gasteiger partial charge < -0.3 is 36.5 Å². The molecule has 0 aliphatic heterocycles. The number of aliphatic hydroxyl groups excluding tert-OH is 2. The minimum absolute atomic E-state index is 0.206. The number of hydrogen-bond donors (Lipinski definition) is 5. The molecule has 0 aromatic carbocycles. The third-order valence-electron chi connectivity index (χ3n) is 3.73. The van der Waals surface area contributed by atoms with Crippen LogP contribution in [0.4, 0.5) is 4.39 Å². The standard InChI is InChI=1S/C12H24FN3O5/c1-20-10-6(15)3-7(9(18)11(10)21-2)16-12(19)8(17)5(13)4-14/h5-11,17-18H,3-4,14-15H2,1-2H3,(H,16,19)/t5-,6+,7-,8+,9+,10-,11-/m1/s1. The topological polar surface area (TPSA) is 140 Å². The Labute approximate surface area is 122 Å². The van der Waals surface area contributed by atoms with Crippen molar-refractivity contribution in [3.8, 4) is 0 Å². The molecule has 0 bridgehead atoms. The van der Waals surface area contributed by atoms with Gasteiger partial charge in [-0.1, -0.05) is 0 Å². The first-order chi connectivity index (χ1) is 9.87. The number of hydrogen-bond acceptors (Lipinski definition) is 7. The Balaban J connectivity index is 2.73. The van der Waals surface area contributed by atoms with Crippen LogP contribution < -0.4 is 16.8 Å². The molecule has 0 aromatic rings. The van der Waals surface area contributed by atoms with Crippen LogP contribution in [0.5, 0.6) is 0 Å². The zero-order chi connectivity index (χ0) is 16.2. The van der Waals surface area contributed by atoms with Crippen molar-refractivity contribution in [2.24, 2.45) is 11.5 Å². The van der Waals surface area contributed by atoms with Gasteiger partial charge in [-0.2, -0.15) is 0 Å². The lowest BCUT2D eigenvalue weighted by Gasteiger charge is -2.42. The second-order valence-electron chi connectivity index (χ2n) is 5.10. The van der Waals surface area contributed by atoms with Gasteiger partial charge in [0.2, 0.25) is 0 Å². The molecule has 124 valence electrons. The van der Waals surface area contributed by atoms with Crippen molar-refractivity contribution in [3.05, 3.63) is 0 Å². The molecular weight excluding hydrogens is 285 g/mol. The van der Waals surface area contributed by atoms with Crippen LogP contribution in [0.3, 0.4) is 0 Å². The molecule has 0 spiro atoms. The molecule has 21 heavy (non-hydrogen) atoms. The van der Waals surface area contributed by atoms with Gasteiger partial charge >= 0.3 is 0 Å². The van der Waals surface area contributed by atoms with Crippen LogP contribution in [-0.4, -0.2) is 79.6 Å².